The highest BCUT2D eigenvalue weighted by Crippen LogP contribution is 2.32. The summed E-state index contributed by atoms with van der Waals surface area (Å²) in [5.41, 5.74) is 8.63. The van der Waals surface area contributed by atoms with Gasteiger partial charge in [-0.25, -0.2) is 9.37 Å². The van der Waals surface area contributed by atoms with Crippen LogP contribution in [0.4, 0.5) is 28.9 Å². The summed E-state index contributed by atoms with van der Waals surface area (Å²) in [6, 6.07) is 11.5. The molecule has 0 unspecified atom stereocenters. The third kappa shape index (κ3) is 4.81. The lowest BCUT2D eigenvalue weighted by Crippen LogP contribution is -2.17. The Morgan fingerprint density at radius 1 is 1.00 bits per heavy atom. The number of hydrogen-bond acceptors (Lipinski definition) is 4. The van der Waals surface area contributed by atoms with E-state index in [1.165, 1.54) is 37.2 Å². The van der Waals surface area contributed by atoms with Crippen LogP contribution in [0.3, 0.4) is 0 Å². The van der Waals surface area contributed by atoms with Crippen LogP contribution in [-0.2, 0) is 6.18 Å². The van der Waals surface area contributed by atoms with E-state index in [1.54, 1.807) is 11.3 Å². The quantitative estimate of drug-likeness (QED) is 0.427. The fraction of sp³-hybridized carbons (Fsp3) is 0.250. The number of nitrogens with zero attached hydrogens (tertiary/aromatic N) is 2. The predicted octanol–water partition coefficient (Wildman–Crippen LogP) is 5.84. The molecule has 1 fully saturated rings. The summed E-state index contributed by atoms with van der Waals surface area (Å²) >= 11 is 1.64. The molecule has 1 aliphatic rings. The van der Waals surface area contributed by atoms with Crippen LogP contribution in [0.5, 0.6) is 0 Å². The summed E-state index contributed by atoms with van der Waals surface area (Å²) in [5.74, 6) is -1.41. The Labute approximate surface area is 164 Å². The van der Waals surface area contributed by atoms with Gasteiger partial charge in [0.15, 0.2) is 5.82 Å². The number of hydrogen-bond donors (Lipinski definition) is 1. The van der Waals surface area contributed by atoms with Crippen molar-refractivity contribution in [1.82, 2.24) is 4.98 Å². The van der Waals surface area contributed by atoms with Crippen molar-refractivity contribution in [1.29, 1.82) is 0 Å². The van der Waals surface area contributed by atoms with Gasteiger partial charge in [0.2, 0.25) is 0 Å². The van der Waals surface area contributed by atoms with Gasteiger partial charge in [0.1, 0.15) is 0 Å². The Bertz CT molecular complexity index is 887. The number of rotatable bonds is 2. The fourth-order valence-corrected chi connectivity index (χ4v) is 3.50. The number of anilines is 2. The second kappa shape index (κ2) is 8.60. The summed E-state index contributed by atoms with van der Waals surface area (Å²) in [6.07, 6.45) is -2.03. The van der Waals surface area contributed by atoms with Gasteiger partial charge in [-0.1, -0.05) is 18.2 Å². The molecule has 0 amide bonds. The summed E-state index contributed by atoms with van der Waals surface area (Å²) in [4.78, 5) is 6.77. The second-order valence-corrected chi connectivity index (χ2v) is 7.04. The standard InChI is InChI=1S/C13H14N2S.C7H5F4N/c1-2-8-15(7-1)12-5-3-11(4-6-12)13-9-16-10-14-13;8-6-4(7(9,10)11)2-1-3-5(6)12/h3-6,9-10H,1-2,7-8H2;1-3H,12H2. The predicted molar refractivity (Wildman–Crippen MR) is 105 cm³/mol. The lowest BCUT2D eigenvalue weighted by Gasteiger charge is -2.17. The highest BCUT2D eigenvalue weighted by Gasteiger charge is 2.34. The van der Waals surface area contributed by atoms with Crippen LogP contribution in [0.2, 0.25) is 0 Å². The van der Waals surface area contributed by atoms with Crippen LogP contribution in [0.1, 0.15) is 18.4 Å². The van der Waals surface area contributed by atoms with Crippen LogP contribution in [0, 0.1) is 5.82 Å². The van der Waals surface area contributed by atoms with E-state index in [2.05, 4.69) is 39.5 Å². The average molecular weight is 409 g/mol. The zero-order valence-electron chi connectivity index (χ0n) is 14.9. The minimum absolute atomic E-state index is 0.496. The number of alkyl halides is 3. The van der Waals surface area contributed by atoms with Crippen LogP contribution in [0.25, 0.3) is 11.3 Å². The van der Waals surface area contributed by atoms with Gasteiger partial charge in [0.05, 0.1) is 22.5 Å². The number of aromatic nitrogens is 1. The van der Waals surface area contributed by atoms with Gasteiger partial charge in [0, 0.05) is 29.7 Å². The first-order valence-corrected chi connectivity index (χ1v) is 9.65. The number of benzene rings is 2. The third-order valence-corrected chi connectivity index (χ3v) is 4.99. The summed E-state index contributed by atoms with van der Waals surface area (Å²) in [5, 5.41) is 2.09. The molecule has 0 bridgehead atoms. The third-order valence-electron chi connectivity index (χ3n) is 4.40. The van der Waals surface area contributed by atoms with Crippen molar-refractivity contribution >= 4 is 22.7 Å². The number of halogens is 4. The first-order chi connectivity index (χ1) is 13.4. The van der Waals surface area contributed by atoms with Crippen molar-refractivity contribution in [2.75, 3.05) is 23.7 Å². The Kier molecular flexibility index (Phi) is 6.18. The molecule has 4 rings (SSSR count). The van der Waals surface area contributed by atoms with E-state index in [-0.39, 0.29) is 0 Å². The molecular formula is C20H19F4N3S. The van der Waals surface area contributed by atoms with E-state index in [0.717, 1.165) is 17.8 Å². The largest absolute Gasteiger partial charge is 0.419 e. The fourth-order valence-electron chi connectivity index (χ4n) is 2.94. The molecule has 28 heavy (non-hydrogen) atoms. The Morgan fingerprint density at radius 2 is 1.68 bits per heavy atom. The zero-order chi connectivity index (χ0) is 20.1. The topological polar surface area (TPSA) is 42.1 Å². The van der Waals surface area contributed by atoms with Gasteiger partial charge in [-0.2, -0.15) is 13.2 Å². The smallest absolute Gasteiger partial charge is 0.396 e. The van der Waals surface area contributed by atoms with Crippen molar-refractivity contribution < 1.29 is 17.6 Å². The lowest BCUT2D eigenvalue weighted by atomic mass is 10.1. The van der Waals surface area contributed by atoms with E-state index >= 15 is 0 Å². The van der Waals surface area contributed by atoms with Crippen LogP contribution in [0.15, 0.2) is 53.4 Å². The summed E-state index contributed by atoms with van der Waals surface area (Å²) in [7, 11) is 0. The highest BCUT2D eigenvalue weighted by atomic mass is 32.1. The molecule has 148 valence electrons. The van der Waals surface area contributed by atoms with Crippen molar-refractivity contribution in [2.45, 2.75) is 19.0 Å². The van der Waals surface area contributed by atoms with Gasteiger partial charge in [0.25, 0.3) is 0 Å². The molecule has 3 nitrogen and oxygen atoms in total. The van der Waals surface area contributed by atoms with Gasteiger partial charge in [-0.3, -0.25) is 0 Å². The molecule has 1 aliphatic heterocycles. The maximum Gasteiger partial charge on any atom is 0.419 e. The van der Waals surface area contributed by atoms with Crippen LogP contribution >= 0.6 is 11.3 Å². The Hall–Kier alpha value is -2.61. The molecule has 2 N–H and O–H groups in total. The number of nitrogen functional groups attached to an aromatic ring is 1. The Morgan fingerprint density at radius 3 is 2.21 bits per heavy atom. The molecule has 0 atom stereocenters. The molecule has 8 heteroatoms. The molecule has 1 aromatic heterocycles. The first kappa shape index (κ1) is 20.1. The van der Waals surface area contributed by atoms with Crippen LogP contribution in [-0.4, -0.2) is 18.1 Å². The molecule has 3 aromatic rings. The van der Waals surface area contributed by atoms with E-state index in [1.807, 2.05) is 5.51 Å². The van der Waals surface area contributed by atoms with Crippen molar-refractivity contribution in [3.8, 4) is 11.3 Å². The molecule has 1 saturated heterocycles. The van der Waals surface area contributed by atoms with E-state index in [4.69, 9.17) is 5.73 Å². The van der Waals surface area contributed by atoms with Gasteiger partial charge in [-0.15, -0.1) is 11.3 Å². The van der Waals surface area contributed by atoms with Crippen molar-refractivity contribution in [2.24, 2.45) is 0 Å². The van der Waals surface area contributed by atoms with Gasteiger partial charge < -0.3 is 10.6 Å². The average Bonchev–Trinajstić information content (AvgIpc) is 3.38. The van der Waals surface area contributed by atoms with E-state index < -0.39 is 23.2 Å². The maximum atomic E-state index is 12.7. The normalized spacial score (nSPS) is 13.9. The minimum atomic E-state index is -4.68. The first-order valence-electron chi connectivity index (χ1n) is 8.71. The van der Waals surface area contributed by atoms with Crippen molar-refractivity contribution in [3.63, 3.8) is 0 Å². The maximum absolute atomic E-state index is 12.7. The summed E-state index contributed by atoms with van der Waals surface area (Å²) < 4.78 is 48.5. The molecule has 0 radical (unpaired) electrons. The molecule has 0 saturated carbocycles. The Balaban J connectivity index is 0.000000169. The second-order valence-electron chi connectivity index (χ2n) is 6.32. The monoisotopic (exact) mass is 409 g/mol. The molecular weight excluding hydrogens is 390 g/mol. The lowest BCUT2D eigenvalue weighted by molar-refractivity contribution is -0.139. The van der Waals surface area contributed by atoms with E-state index in [0.29, 0.717) is 6.07 Å². The molecule has 0 aliphatic carbocycles. The molecule has 2 heterocycles. The zero-order valence-corrected chi connectivity index (χ0v) is 15.7. The van der Waals surface area contributed by atoms with Gasteiger partial charge >= 0.3 is 6.18 Å². The molecule has 2 aromatic carbocycles. The van der Waals surface area contributed by atoms with E-state index in [9.17, 15) is 17.6 Å². The van der Waals surface area contributed by atoms with Gasteiger partial charge in [-0.05, 0) is 37.1 Å². The van der Waals surface area contributed by atoms with Crippen LogP contribution < -0.4 is 10.6 Å². The summed E-state index contributed by atoms with van der Waals surface area (Å²) in [6.45, 7) is 2.41. The number of thiazole rings is 1. The SMILES string of the molecule is Nc1cccc(C(F)(F)F)c1F.c1nc(-c2ccc(N3CCCC3)cc2)cs1. The molecule has 0 spiro atoms. The highest BCUT2D eigenvalue weighted by molar-refractivity contribution is 7.07. The van der Waals surface area contributed by atoms with Crippen molar-refractivity contribution in [3.05, 3.63) is 64.7 Å². The number of nitrogens with two attached hydrogens (primary N) is 1. The minimum Gasteiger partial charge on any atom is -0.396 e.